The Balaban J connectivity index is 1.85. The van der Waals surface area contributed by atoms with Gasteiger partial charge in [0.1, 0.15) is 0 Å². The molecule has 0 amide bonds. The minimum atomic E-state index is -0.275. The van der Waals surface area contributed by atoms with E-state index in [1.165, 1.54) is 6.20 Å². The first kappa shape index (κ1) is 12.7. The smallest absolute Gasteiger partial charge is 0.262 e. The fourth-order valence-electron chi connectivity index (χ4n) is 2.76. The van der Waals surface area contributed by atoms with E-state index in [1.54, 1.807) is 0 Å². The maximum absolute atomic E-state index is 12.4. The zero-order valence-electron chi connectivity index (χ0n) is 11.6. The molecule has 1 aliphatic rings. The quantitative estimate of drug-likeness (QED) is 0.756. The number of pyridine rings is 1. The summed E-state index contributed by atoms with van der Waals surface area (Å²) in [4.78, 5) is 35.3. The molecule has 0 unspecified atom stereocenters. The zero-order valence-corrected chi connectivity index (χ0v) is 11.6. The number of para-hydroxylation sites is 1. The van der Waals surface area contributed by atoms with Crippen LogP contribution in [0.4, 0.5) is 11.6 Å². The molecule has 3 aromatic rings. The lowest BCUT2D eigenvalue weighted by Crippen LogP contribution is -2.14. The second-order valence-corrected chi connectivity index (χ2v) is 5.18. The molecule has 1 aliphatic carbocycles. The number of hydrogen-bond donors (Lipinski definition) is 2. The highest BCUT2D eigenvalue weighted by atomic mass is 16.1. The van der Waals surface area contributed by atoms with Gasteiger partial charge in [0.15, 0.2) is 11.4 Å². The zero-order chi connectivity index (χ0) is 15.1. The van der Waals surface area contributed by atoms with Crippen LogP contribution in [0.5, 0.6) is 0 Å². The lowest BCUT2D eigenvalue weighted by molar-refractivity contribution is 0.0994. The summed E-state index contributed by atoms with van der Waals surface area (Å²) >= 11 is 0. The van der Waals surface area contributed by atoms with Gasteiger partial charge in [0.25, 0.3) is 5.56 Å². The highest BCUT2D eigenvalue weighted by Crippen LogP contribution is 2.26. The van der Waals surface area contributed by atoms with E-state index in [0.717, 1.165) is 11.3 Å². The fourth-order valence-corrected chi connectivity index (χ4v) is 2.76. The van der Waals surface area contributed by atoms with E-state index >= 15 is 0 Å². The summed E-state index contributed by atoms with van der Waals surface area (Å²) in [6, 6.07) is 9.43. The molecule has 6 heteroatoms. The normalized spacial score (nSPS) is 13.4. The average molecular weight is 292 g/mol. The van der Waals surface area contributed by atoms with Crippen molar-refractivity contribution >= 4 is 28.5 Å². The summed E-state index contributed by atoms with van der Waals surface area (Å²) in [5.41, 5.74) is 2.21. The highest BCUT2D eigenvalue weighted by molar-refractivity contribution is 6.04. The third kappa shape index (κ3) is 1.96. The van der Waals surface area contributed by atoms with Gasteiger partial charge in [-0.2, -0.15) is 4.98 Å². The average Bonchev–Trinajstić information content (AvgIpc) is 2.89. The van der Waals surface area contributed by atoms with E-state index in [9.17, 15) is 9.59 Å². The van der Waals surface area contributed by atoms with E-state index in [1.807, 2.05) is 30.3 Å². The van der Waals surface area contributed by atoms with Crippen LogP contribution < -0.4 is 10.9 Å². The Morgan fingerprint density at radius 3 is 2.73 bits per heavy atom. The van der Waals surface area contributed by atoms with Crippen LogP contribution in [0.2, 0.25) is 0 Å². The van der Waals surface area contributed by atoms with Crippen molar-refractivity contribution < 1.29 is 4.79 Å². The van der Waals surface area contributed by atoms with E-state index in [-0.39, 0.29) is 11.3 Å². The third-order valence-electron chi connectivity index (χ3n) is 3.78. The Hall–Kier alpha value is -3.02. The summed E-state index contributed by atoms with van der Waals surface area (Å²) in [6.45, 7) is 0. The van der Waals surface area contributed by atoms with Crippen LogP contribution in [0, 0.1) is 0 Å². The predicted octanol–water partition coefficient (Wildman–Crippen LogP) is 2.19. The molecule has 0 bridgehead atoms. The monoisotopic (exact) mass is 292 g/mol. The Morgan fingerprint density at radius 2 is 1.91 bits per heavy atom. The van der Waals surface area contributed by atoms with Gasteiger partial charge in [-0.25, -0.2) is 4.98 Å². The summed E-state index contributed by atoms with van der Waals surface area (Å²) in [6.07, 6.45) is 2.52. The molecular weight excluding hydrogens is 280 g/mol. The van der Waals surface area contributed by atoms with E-state index < -0.39 is 0 Å². The molecule has 2 aromatic heterocycles. The predicted molar refractivity (Wildman–Crippen MR) is 82.5 cm³/mol. The minimum absolute atomic E-state index is 0.0373. The number of carbonyl (C=O) groups is 1. The van der Waals surface area contributed by atoms with Crippen molar-refractivity contribution in [2.75, 3.05) is 5.32 Å². The number of rotatable bonds is 2. The summed E-state index contributed by atoms with van der Waals surface area (Å²) in [7, 11) is 0. The number of nitrogens with zero attached hydrogens (tertiary/aromatic N) is 2. The molecule has 6 nitrogen and oxygen atoms in total. The second kappa shape index (κ2) is 4.77. The van der Waals surface area contributed by atoms with Gasteiger partial charge >= 0.3 is 0 Å². The summed E-state index contributed by atoms with van der Waals surface area (Å²) in [5.74, 6) is 0.371. The van der Waals surface area contributed by atoms with Crippen molar-refractivity contribution in [2.24, 2.45) is 0 Å². The largest absolute Gasteiger partial charge is 0.326 e. The van der Waals surface area contributed by atoms with Crippen LogP contribution in [0.1, 0.15) is 22.3 Å². The van der Waals surface area contributed by atoms with Crippen LogP contribution >= 0.6 is 0 Å². The van der Waals surface area contributed by atoms with Crippen LogP contribution in [-0.2, 0) is 6.42 Å². The first-order valence-corrected chi connectivity index (χ1v) is 6.99. The molecule has 0 saturated carbocycles. The van der Waals surface area contributed by atoms with Gasteiger partial charge < -0.3 is 5.32 Å². The second-order valence-electron chi connectivity index (χ2n) is 5.18. The van der Waals surface area contributed by atoms with E-state index in [4.69, 9.17) is 0 Å². The van der Waals surface area contributed by atoms with E-state index in [0.29, 0.717) is 35.4 Å². The number of aryl methyl sites for hydroxylation is 1. The number of anilines is 2. The number of aromatic nitrogens is 3. The molecule has 2 heterocycles. The van der Waals surface area contributed by atoms with Gasteiger partial charge in [-0.3, -0.25) is 14.6 Å². The van der Waals surface area contributed by atoms with Crippen molar-refractivity contribution in [1.29, 1.82) is 0 Å². The SMILES string of the molecule is O=C1CCc2c1cnc1nc(Nc3ccccc3)[nH]c(=O)c21. The van der Waals surface area contributed by atoms with Crippen LogP contribution in [0.15, 0.2) is 41.3 Å². The topological polar surface area (TPSA) is 87.7 Å². The molecule has 0 spiro atoms. The lowest BCUT2D eigenvalue weighted by Gasteiger charge is -2.07. The first-order valence-electron chi connectivity index (χ1n) is 6.99. The number of Topliss-reactive ketones (excluding diaryl/α,β-unsaturated/α-hetero) is 1. The fraction of sp³-hybridized carbons (Fsp3) is 0.125. The maximum atomic E-state index is 12.4. The van der Waals surface area contributed by atoms with Gasteiger partial charge in [0, 0.05) is 23.9 Å². The molecule has 108 valence electrons. The Labute approximate surface area is 125 Å². The van der Waals surface area contributed by atoms with Gasteiger partial charge in [-0.1, -0.05) is 18.2 Å². The number of nitrogens with one attached hydrogen (secondary N) is 2. The van der Waals surface area contributed by atoms with Crippen LogP contribution in [0.3, 0.4) is 0 Å². The molecule has 0 radical (unpaired) electrons. The molecular formula is C16H12N4O2. The minimum Gasteiger partial charge on any atom is -0.326 e. The van der Waals surface area contributed by atoms with Crippen LogP contribution in [0.25, 0.3) is 11.0 Å². The number of carbonyl (C=O) groups excluding carboxylic acids is 1. The molecule has 0 saturated heterocycles. The highest BCUT2D eigenvalue weighted by Gasteiger charge is 2.24. The van der Waals surface area contributed by atoms with Crippen molar-refractivity contribution in [2.45, 2.75) is 12.8 Å². The van der Waals surface area contributed by atoms with Crippen molar-refractivity contribution in [3.8, 4) is 0 Å². The maximum Gasteiger partial charge on any atom is 0.262 e. The lowest BCUT2D eigenvalue weighted by atomic mass is 10.1. The Kier molecular flexibility index (Phi) is 2.75. The van der Waals surface area contributed by atoms with Crippen molar-refractivity contribution in [1.82, 2.24) is 15.0 Å². The summed E-state index contributed by atoms with van der Waals surface area (Å²) < 4.78 is 0. The Morgan fingerprint density at radius 1 is 1.09 bits per heavy atom. The molecule has 0 atom stereocenters. The van der Waals surface area contributed by atoms with Gasteiger partial charge in [0.05, 0.1) is 5.39 Å². The van der Waals surface area contributed by atoms with Crippen molar-refractivity contribution in [3.63, 3.8) is 0 Å². The standard InChI is InChI=1S/C16H12N4O2/c21-12-7-6-10-11(12)8-17-14-13(10)15(22)20-16(19-14)18-9-4-2-1-3-5-9/h1-5,8H,6-7H2,(H2,17,18,19,20,22). The number of benzene rings is 1. The molecule has 0 fully saturated rings. The van der Waals surface area contributed by atoms with Gasteiger partial charge in [-0.15, -0.1) is 0 Å². The number of hydrogen-bond acceptors (Lipinski definition) is 5. The summed E-state index contributed by atoms with van der Waals surface area (Å²) in [5, 5.41) is 3.46. The third-order valence-corrected chi connectivity index (χ3v) is 3.78. The van der Waals surface area contributed by atoms with Crippen LogP contribution in [-0.4, -0.2) is 20.7 Å². The number of H-pyrrole nitrogens is 1. The number of aromatic amines is 1. The molecule has 4 rings (SSSR count). The first-order chi connectivity index (χ1) is 10.7. The molecule has 0 aliphatic heterocycles. The number of ketones is 1. The van der Waals surface area contributed by atoms with Crippen molar-refractivity contribution in [3.05, 3.63) is 58.0 Å². The molecule has 2 N–H and O–H groups in total. The Bertz CT molecular complexity index is 948. The van der Waals surface area contributed by atoms with Gasteiger partial charge in [-0.05, 0) is 24.1 Å². The number of fused-ring (bicyclic) bond motifs is 3. The molecule has 1 aromatic carbocycles. The molecule has 22 heavy (non-hydrogen) atoms. The van der Waals surface area contributed by atoms with Gasteiger partial charge in [0.2, 0.25) is 5.95 Å². The van der Waals surface area contributed by atoms with E-state index in [2.05, 4.69) is 20.3 Å².